The molecular weight excluding hydrogens is 304 g/mol. The van der Waals surface area contributed by atoms with Gasteiger partial charge in [-0.15, -0.1) is 0 Å². The van der Waals surface area contributed by atoms with E-state index in [0.29, 0.717) is 19.6 Å². The van der Waals surface area contributed by atoms with E-state index in [1.54, 1.807) is 0 Å². The van der Waals surface area contributed by atoms with Crippen LogP contribution in [0.5, 0.6) is 0 Å². The minimum absolute atomic E-state index is 0.0231. The normalized spacial score (nSPS) is 21.7. The van der Waals surface area contributed by atoms with Crippen molar-refractivity contribution in [3.05, 3.63) is 35.4 Å². The first-order chi connectivity index (χ1) is 11.6. The predicted molar refractivity (Wildman–Crippen MR) is 92.2 cm³/mol. The number of rotatable bonds is 4. The van der Waals surface area contributed by atoms with Gasteiger partial charge in [0.05, 0.1) is 6.10 Å². The van der Waals surface area contributed by atoms with Gasteiger partial charge in [0.2, 0.25) is 0 Å². The number of likely N-dealkylation sites (tertiary alicyclic amines) is 1. The zero-order valence-corrected chi connectivity index (χ0v) is 14.3. The highest BCUT2D eigenvalue weighted by atomic mass is 16.5. The van der Waals surface area contributed by atoms with Crippen molar-refractivity contribution < 1.29 is 14.3 Å². The number of amides is 2. The van der Waals surface area contributed by atoms with Crippen LogP contribution in [-0.4, -0.2) is 49.1 Å². The highest BCUT2D eigenvalue weighted by molar-refractivity contribution is 5.98. The Bertz CT molecular complexity index is 571. The number of hydrogen-bond acceptors (Lipinski definition) is 3. The Morgan fingerprint density at radius 2 is 1.88 bits per heavy atom. The molecule has 0 unspecified atom stereocenters. The first-order valence-corrected chi connectivity index (χ1v) is 8.89. The highest BCUT2D eigenvalue weighted by Crippen LogP contribution is 2.22. The van der Waals surface area contributed by atoms with Crippen molar-refractivity contribution in [3.8, 4) is 0 Å². The number of carbonyl (C=O) groups is 2. The molecule has 3 rings (SSSR count). The lowest BCUT2D eigenvalue weighted by molar-refractivity contribution is 0.0848. The van der Waals surface area contributed by atoms with Gasteiger partial charge in [0, 0.05) is 37.7 Å². The van der Waals surface area contributed by atoms with Crippen molar-refractivity contribution in [2.45, 2.75) is 38.7 Å². The van der Waals surface area contributed by atoms with Gasteiger partial charge in [0.25, 0.3) is 0 Å². The largest absolute Gasteiger partial charge is 0.376 e. The fraction of sp³-hybridized carbons (Fsp3) is 0.579. The van der Waals surface area contributed by atoms with Crippen LogP contribution in [0.1, 0.15) is 41.6 Å². The number of piperidine rings is 1. The van der Waals surface area contributed by atoms with E-state index in [0.717, 1.165) is 43.4 Å². The number of benzene rings is 1. The Kier molecular flexibility index (Phi) is 5.51. The van der Waals surface area contributed by atoms with Gasteiger partial charge in [0.15, 0.2) is 5.78 Å². The molecule has 2 fully saturated rings. The Hall–Kier alpha value is -1.88. The number of Topliss-reactive ketones (excluding diaryl/α,β-unsaturated/α-hetero) is 1. The minimum atomic E-state index is -0.0354. The Balaban J connectivity index is 1.45. The highest BCUT2D eigenvalue weighted by Gasteiger charge is 2.28. The number of ether oxygens (including phenoxy) is 1. The molecule has 2 amide bonds. The lowest BCUT2D eigenvalue weighted by Gasteiger charge is -2.31. The molecule has 1 aromatic carbocycles. The number of nitrogens with zero attached hydrogens (tertiary/aromatic N) is 1. The first-order valence-electron chi connectivity index (χ1n) is 8.89. The van der Waals surface area contributed by atoms with E-state index < -0.39 is 0 Å². The average Bonchev–Trinajstić information content (AvgIpc) is 3.13. The van der Waals surface area contributed by atoms with Crippen LogP contribution >= 0.6 is 0 Å². The third-order valence-electron chi connectivity index (χ3n) is 4.99. The third kappa shape index (κ3) is 4.15. The fourth-order valence-corrected chi connectivity index (χ4v) is 3.42. The van der Waals surface area contributed by atoms with E-state index in [-0.39, 0.29) is 23.8 Å². The quantitative estimate of drug-likeness (QED) is 0.864. The summed E-state index contributed by atoms with van der Waals surface area (Å²) in [6, 6.07) is 7.71. The Morgan fingerprint density at radius 1 is 1.17 bits per heavy atom. The molecule has 5 nitrogen and oxygen atoms in total. The standard InChI is InChI=1S/C19H26N2O3/c1-14-4-6-15(7-5-14)18(22)16-8-10-21(11-9-16)19(23)20-13-17-3-2-12-24-17/h4-7,16-17H,2-3,8-13H2,1H3,(H,20,23)/t17-/m0/s1. The zero-order valence-electron chi connectivity index (χ0n) is 14.3. The summed E-state index contributed by atoms with van der Waals surface area (Å²) in [4.78, 5) is 26.6. The molecule has 2 aliphatic rings. The monoisotopic (exact) mass is 330 g/mol. The van der Waals surface area contributed by atoms with Gasteiger partial charge >= 0.3 is 6.03 Å². The Labute approximate surface area is 143 Å². The number of aryl methyl sites for hydroxylation is 1. The SMILES string of the molecule is Cc1ccc(C(=O)C2CCN(C(=O)NC[C@@H]3CCCO3)CC2)cc1. The van der Waals surface area contributed by atoms with Crippen molar-refractivity contribution in [2.24, 2.45) is 5.92 Å². The Morgan fingerprint density at radius 3 is 2.50 bits per heavy atom. The smallest absolute Gasteiger partial charge is 0.317 e. The van der Waals surface area contributed by atoms with E-state index in [2.05, 4.69) is 5.32 Å². The molecule has 5 heteroatoms. The summed E-state index contributed by atoms with van der Waals surface area (Å²) >= 11 is 0. The van der Waals surface area contributed by atoms with Gasteiger partial charge in [-0.2, -0.15) is 0 Å². The number of hydrogen-bond donors (Lipinski definition) is 1. The zero-order chi connectivity index (χ0) is 16.9. The summed E-state index contributed by atoms with van der Waals surface area (Å²) in [7, 11) is 0. The van der Waals surface area contributed by atoms with Crippen LogP contribution in [0.15, 0.2) is 24.3 Å². The molecule has 0 radical (unpaired) electrons. The molecule has 0 saturated carbocycles. The lowest BCUT2D eigenvalue weighted by atomic mass is 9.89. The summed E-state index contributed by atoms with van der Waals surface area (Å²) in [5.74, 6) is 0.226. The van der Waals surface area contributed by atoms with Crippen molar-refractivity contribution in [2.75, 3.05) is 26.2 Å². The summed E-state index contributed by atoms with van der Waals surface area (Å²) in [6.45, 7) is 4.68. The first kappa shape index (κ1) is 17.0. The van der Waals surface area contributed by atoms with Crippen LogP contribution in [0.4, 0.5) is 4.79 Å². The van der Waals surface area contributed by atoms with Gasteiger partial charge in [-0.1, -0.05) is 29.8 Å². The summed E-state index contributed by atoms with van der Waals surface area (Å²) in [6.07, 6.45) is 3.73. The van der Waals surface area contributed by atoms with E-state index in [1.165, 1.54) is 0 Å². The molecule has 0 aliphatic carbocycles. The van der Waals surface area contributed by atoms with Gasteiger partial charge in [0.1, 0.15) is 0 Å². The van der Waals surface area contributed by atoms with Crippen molar-refractivity contribution in [1.29, 1.82) is 0 Å². The van der Waals surface area contributed by atoms with Gasteiger partial charge < -0.3 is 15.0 Å². The average molecular weight is 330 g/mol. The fourth-order valence-electron chi connectivity index (χ4n) is 3.42. The maximum Gasteiger partial charge on any atom is 0.317 e. The van der Waals surface area contributed by atoms with Crippen molar-refractivity contribution in [1.82, 2.24) is 10.2 Å². The van der Waals surface area contributed by atoms with Gasteiger partial charge in [-0.25, -0.2) is 4.79 Å². The predicted octanol–water partition coefficient (Wildman–Crippen LogP) is 2.78. The minimum Gasteiger partial charge on any atom is -0.376 e. The van der Waals surface area contributed by atoms with Crippen LogP contribution in [0, 0.1) is 12.8 Å². The van der Waals surface area contributed by atoms with E-state index in [4.69, 9.17) is 4.74 Å². The van der Waals surface area contributed by atoms with Gasteiger partial charge in [-0.05, 0) is 32.6 Å². The molecule has 0 spiro atoms. The second kappa shape index (κ2) is 7.79. The van der Waals surface area contributed by atoms with Crippen LogP contribution in [0.2, 0.25) is 0 Å². The van der Waals surface area contributed by atoms with Crippen molar-refractivity contribution in [3.63, 3.8) is 0 Å². The molecule has 1 N–H and O–H groups in total. The van der Waals surface area contributed by atoms with Crippen molar-refractivity contribution >= 4 is 11.8 Å². The molecule has 1 atom stereocenters. The van der Waals surface area contributed by atoms with E-state index >= 15 is 0 Å². The summed E-state index contributed by atoms with van der Waals surface area (Å²) in [5.41, 5.74) is 1.94. The molecule has 2 saturated heterocycles. The topological polar surface area (TPSA) is 58.6 Å². The molecule has 2 heterocycles. The maximum atomic E-state index is 12.6. The third-order valence-corrected chi connectivity index (χ3v) is 4.99. The number of carbonyl (C=O) groups excluding carboxylic acids is 2. The summed E-state index contributed by atoms with van der Waals surface area (Å²) in [5, 5.41) is 2.95. The van der Waals surface area contributed by atoms with Crippen LogP contribution in [0.3, 0.4) is 0 Å². The number of urea groups is 1. The molecule has 130 valence electrons. The van der Waals surface area contributed by atoms with Crippen LogP contribution < -0.4 is 5.32 Å². The lowest BCUT2D eigenvalue weighted by Crippen LogP contribution is -2.47. The number of ketones is 1. The second-order valence-electron chi connectivity index (χ2n) is 6.81. The van der Waals surface area contributed by atoms with Crippen LogP contribution in [0.25, 0.3) is 0 Å². The molecule has 0 bridgehead atoms. The molecular formula is C19H26N2O3. The second-order valence-corrected chi connectivity index (χ2v) is 6.81. The molecule has 24 heavy (non-hydrogen) atoms. The van der Waals surface area contributed by atoms with E-state index in [9.17, 15) is 9.59 Å². The molecule has 2 aliphatic heterocycles. The molecule has 1 aromatic rings. The van der Waals surface area contributed by atoms with E-state index in [1.807, 2.05) is 36.1 Å². The van der Waals surface area contributed by atoms with Gasteiger partial charge in [-0.3, -0.25) is 4.79 Å². The maximum absolute atomic E-state index is 12.6. The summed E-state index contributed by atoms with van der Waals surface area (Å²) < 4.78 is 5.52. The number of nitrogens with one attached hydrogen (secondary N) is 1. The molecule has 0 aromatic heterocycles. The van der Waals surface area contributed by atoms with Crippen LogP contribution in [-0.2, 0) is 4.74 Å².